The Balaban J connectivity index is 1.61. The van der Waals surface area contributed by atoms with Crippen molar-refractivity contribution >= 4 is 18.0 Å². The Morgan fingerprint density at radius 2 is 2.08 bits per heavy atom. The van der Waals surface area contributed by atoms with Gasteiger partial charge in [-0.25, -0.2) is 4.98 Å². The summed E-state index contributed by atoms with van der Waals surface area (Å²) in [5, 5.41) is 10.7. The predicted octanol–water partition coefficient (Wildman–Crippen LogP) is 5.02. The number of carboxylic acids is 1. The Labute approximate surface area is 228 Å². The Kier molecular flexibility index (Phi) is 9.99. The number of pyridine rings is 1. The second kappa shape index (κ2) is 13.8. The van der Waals surface area contributed by atoms with Gasteiger partial charge in [-0.15, -0.1) is 0 Å². The molecule has 206 valence electrons. The van der Waals surface area contributed by atoms with Crippen molar-refractivity contribution in [1.82, 2.24) is 9.97 Å². The van der Waals surface area contributed by atoms with E-state index in [9.17, 15) is 14.7 Å². The number of amides is 1. The van der Waals surface area contributed by atoms with Gasteiger partial charge in [0.15, 0.2) is 0 Å². The van der Waals surface area contributed by atoms with Gasteiger partial charge in [0.25, 0.3) is 0 Å². The van der Waals surface area contributed by atoms with Crippen molar-refractivity contribution < 1.29 is 28.6 Å². The number of benzene rings is 1. The molecular formula is C30H35N3O6. The highest BCUT2D eigenvalue weighted by Crippen LogP contribution is 2.41. The number of unbranched alkanes of at least 4 members (excludes halogenated alkanes) is 1. The Bertz CT molecular complexity index is 1240. The van der Waals surface area contributed by atoms with Crippen LogP contribution in [0.5, 0.6) is 0 Å². The van der Waals surface area contributed by atoms with E-state index in [0.29, 0.717) is 37.0 Å². The Hall–Kier alpha value is -3.82. The van der Waals surface area contributed by atoms with Gasteiger partial charge in [0, 0.05) is 25.6 Å². The fourth-order valence-electron chi connectivity index (χ4n) is 5.07. The summed E-state index contributed by atoms with van der Waals surface area (Å²) in [4.78, 5) is 33.9. The number of nitrogens with zero attached hydrogens (tertiary/aromatic N) is 2. The molecule has 0 spiro atoms. The van der Waals surface area contributed by atoms with E-state index in [1.807, 2.05) is 24.3 Å². The molecule has 0 radical (unpaired) electrons. The second-order valence-electron chi connectivity index (χ2n) is 9.71. The van der Waals surface area contributed by atoms with Crippen LogP contribution in [-0.4, -0.2) is 52.9 Å². The van der Waals surface area contributed by atoms with Gasteiger partial charge in [-0.2, -0.15) is 0 Å². The Morgan fingerprint density at radius 3 is 2.77 bits per heavy atom. The minimum atomic E-state index is -1.37. The molecule has 3 N–H and O–H groups in total. The maximum atomic E-state index is 13.1. The van der Waals surface area contributed by atoms with Gasteiger partial charge in [-0.3, -0.25) is 14.6 Å². The summed E-state index contributed by atoms with van der Waals surface area (Å²) < 4.78 is 17.3. The lowest BCUT2D eigenvalue weighted by atomic mass is 9.71. The highest BCUT2D eigenvalue weighted by Gasteiger charge is 2.43. The van der Waals surface area contributed by atoms with Gasteiger partial charge in [0.05, 0.1) is 35.4 Å². The predicted molar refractivity (Wildman–Crippen MR) is 146 cm³/mol. The van der Waals surface area contributed by atoms with Gasteiger partial charge in [-0.05, 0) is 68.2 Å². The number of carbonyl (C=O) groups is 2. The highest BCUT2D eigenvalue weighted by atomic mass is 16.5. The molecule has 4 rings (SSSR count). The first-order valence-electron chi connectivity index (χ1n) is 13.3. The van der Waals surface area contributed by atoms with E-state index < -0.39 is 17.3 Å². The number of ether oxygens (including phenoxy) is 2. The summed E-state index contributed by atoms with van der Waals surface area (Å²) >= 11 is 0. The molecule has 1 aliphatic heterocycles. The summed E-state index contributed by atoms with van der Waals surface area (Å²) in [6.07, 6.45) is 15.1. The standard InChI is InChI=1S/C30H35N3O6/c31-27(34)24-11-6-12-25(26(24)28-33-16-19-39-28)30(29(35)36,14-18-37-21-23-10-3-5-17-38-23)13-4-1-2-8-22-9-7-15-32-20-22/h2,6-9,11-12,15-16,19-20,23H,1,3-5,10,13-14,17-18,21H2,(H2,31,34)(H,35,36). The summed E-state index contributed by atoms with van der Waals surface area (Å²) in [7, 11) is 0. The number of hydrogen-bond acceptors (Lipinski definition) is 7. The summed E-state index contributed by atoms with van der Waals surface area (Å²) in [6.45, 7) is 1.35. The molecule has 9 nitrogen and oxygen atoms in total. The van der Waals surface area contributed by atoms with E-state index in [1.54, 1.807) is 30.6 Å². The van der Waals surface area contributed by atoms with Crippen LogP contribution in [0.1, 0.15) is 66.4 Å². The van der Waals surface area contributed by atoms with Gasteiger partial charge in [-0.1, -0.05) is 30.4 Å². The number of carbonyl (C=O) groups excluding carboxylic acids is 1. The molecule has 3 heterocycles. The topological polar surface area (TPSA) is 138 Å². The SMILES string of the molecule is NC(=O)c1cccc(C(CCCC=Cc2cccnc2)(CCOCC2CCCCO2)C(=O)O)c1-c1ncco1. The molecule has 2 atom stereocenters. The van der Waals surface area contributed by atoms with Crippen LogP contribution >= 0.6 is 0 Å². The second-order valence-corrected chi connectivity index (χ2v) is 9.71. The average molecular weight is 534 g/mol. The Morgan fingerprint density at radius 1 is 1.18 bits per heavy atom. The van der Waals surface area contributed by atoms with Crippen LogP contribution in [0, 0.1) is 0 Å². The molecule has 9 heteroatoms. The first kappa shape index (κ1) is 28.2. The zero-order valence-electron chi connectivity index (χ0n) is 22.0. The average Bonchev–Trinajstić information content (AvgIpc) is 3.49. The molecule has 2 unspecified atom stereocenters. The van der Waals surface area contributed by atoms with Crippen molar-refractivity contribution in [2.24, 2.45) is 5.73 Å². The molecule has 0 aliphatic carbocycles. The third-order valence-corrected chi connectivity index (χ3v) is 7.12. The van der Waals surface area contributed by atoms with E-state index in [-0.39, 0.29) is 30.6 Å². The van der Waals surface area contributed by atoms with Crippen molar-refractivity contribution in [1.29, 1.82) is 0 Å². The van der Waals surface area contributed by atoms with Crippen LogP contribution in [0.2, 0.25) is 0 Å². The largest absolute Gasteiger partial charge is 0.481 e. The van der Waals surface area contributed by atoms with Crippen LogP contribution in [0.15, 0.2) is 65.7 Å². The lowest BCUT2D eigenvalue weighted by Gasteiger charge is -2.32. The van der Waals surface area contributed by atoms with E-state index >= 15 is 0 Å². The lowest BCUT2D eigenvalue weighted by molar-refractivity contribution is -0.145. The molecule has 2 aromatic heterocycles. The molecule has 39 heavy (non-hydrogen) atoms. The molecule has 3 aromatic rings. The molecule has 1 fully saturated rings. The van der Waals surface area contributed by atoms with Crippen LogP contribution in [0.25, 0.3) is 17.5 Å². The van der Waals surface area contributed by atoms with E-state index in [2.05, 4.69) is 9.97 Å². The van der Waals surface area contributed by atoms with Crippen LogP contribution < -0.4 is 5.73 Å². The first-order chi connectivity index (χ1) is 19.0. The van der Waals surface area contributed by atoms with E-state index in [4.69, 9.17) is 19.6 Å². The maximum Gasteiger partial charge on any atom is 0.314 e. The first-order valence-corrected chi connectivity index (χ1v) is 13.3. The summed E-state index contributed by atoms with van der Waals surface area (Å²) in [5.41, 5.74) is 6.20. The highest BCUT2D eigenvalue weighted by molar-refractivity contribution is 6.01. The van der Waals surface area contributed by atoms with Gasteiger partial charge < -0.3 is 24.7 Å². The molecule has 1 aromatic carbocycles. The zero-order chi connectivity index (χ0) is 27.5. The molecule has 0 bridgehead atoms. The monoisotopic (exact) mass is 533 g/mol. The van der Waals surface area contributed by atoms with Crippen LogP contribution in [0.4, 0.5) is 0 Å². The number of primary amides is 1. The number of rotatable bonds is 14. The smallest absolute Gasteiger partial charge is 0.314 e. The summed E-state index contributed by atoms with van der Waals surface area (Å²) in [6, 6.07) is 8.75. The number of nitrogens with two attached hydrogens (primary N) is 1. The molecular weight excluding hydrogens is 498 g/mol. The van der Waals surface area contributed by atoms with Gasteiger partial charge in [0.1, 0.15) is 6.26 Å². The third kappa shape index (κ3) is 7.19. The normalized spacial score (nSPS) is 17.2. The van der Waals surface area contributed by atoms with Crippen molar-refractivity contribution in [2.75, 3.05) is 19.8 Å². The number of aliphatic carboxylic acids is 1. The molecule has 1 aliphatic rings. The third-order valence-electron chi connectivity index (χ3n) is 7.12. The van der Waals surface area contributed by atoms with Crippen molar-refractivity contribution in [3.63, 3.8) is 0 Å². The number of allylic oxidation sites excluding steroid dienone is 1. The zero-order valence-corrected chi connectivity index (χ0v) is 22.0. The van der Waals surface area contributed by atoms with Crippen molar-refractivity contribution in [2.45, 2.75) is 56.5 Å². The maximum absolute atomic E-state index is 13.1. The van der Waals surface area contributed by atoms with E-state index in [0.717, 1.165) is 31.4 Å². The minimum Gasteiger partial charge on any atom is -0.481 e. The lowest BCUT2D eigenvalue weighted by Crippen LogP contribution is -2.38. The fraction of sp³-hybridized carbons (Fsp3) is 0.400. The minimum absolute atomic E-state index is 0.0247. The van der Waals surface area contributed by atoms with E-state index in [1.165, 1.54) is 12.5 Å². The van der Waals surface area contributed by atoms with Gasteiger partial charge >= 0.3 is 5.97 Å². The van der Waals surface area contributed by atoms with Gasteiger partial charge in [0.2, 0.25) is 11.8 Å². The number of carboxylic acid groups (broad SMARTS) is 1. The molecule has 0 saturated carbocycles. The number of hydrogen-bond donors (Lipinski definition) is 2. The quantitative estimate of drug-likeness (QED) is 0.276. The number of oxazole rings is 1. The molecule has 1 saturated heterocycles. The summed E-state index contributed by atoms with van der Waals surface area (Å²) in [5.74, 6) is -1.54. The van der Waals surface area contributed by atoms with Crippen LogP contribution in [-0.2, 0) is 19.7 Å². The van der Waals surface area contributed by atoms with Crippen molar-refractivity contribution in [3.8, 4) is 11.5 Å². The van der Waals surface area contributed by atoms with Crippen LogP contribution in [0.3, 0.4) is 0 Å². The van der Waals surface area contributed by atoms with Crippen molar-refractivity contribution in [3.05, 3.63) is 78.0 Å². The fourth-order valence-corrected chi connectivity index (χ4v) is 5.07. The molecule has 1 amide bonds. The number of aromatic nitrogens is 2.